The van der Waals surface area contributed by atoms with Crippen LogP contribution in [0, 0.1) is 39.9 Å². The first kappa shape index (κ1) is 23.6. The van der Waals surface area contributed by atoms with Crippen molar-refractivity contribution in [3.8, 4) is 5.75 Å². The standard InChI is InChI=1S/C29H32O8/c1-14-17-9-10-18-26-13-36-29(34,22(31)21(26)25(2,3)12-11-19(26)30)27(18)20(17)28(14,24(27)33)37-23(32)15-5-7-16(35-4)8-6-15/h5-8,17-18,20-22,31,34H,1,9-13H2,2-4H3/t17-,18-,20+,21+,22-,26+,27+,28?,29?/m0/s1. The van der Waals surface area contributed by atoms with Gasteiger partial charge in [-0.15, -0.1) is 0 Å². The molecule has 5 aliphatic carbocycles. The number of hydrogen-bond acceptors (Lipinski definition) is 8. The number of carbonyl (C=O) groups excluding carboxylic acids is 3. The molecule has 9 atom stereocenters. The van der Waals surface area contributed by atoms with Crippen LogP contribution in [0.2, 0.25) is 0 Å². The van der Waals surface area contributed by atoms with Crippen molar-refractivity contribution in [3.05, 3.63) is 42.0 Å². The zero-order valence-corrected chi connectivity index (χ0v) is 21.3. The molecule has 37 heavy (non-hydrogen) atoms. The molecule has 8 heteroatoms. The quantitative estimate of drug-likeness (QED) is 0.472. The molecule has 0 aromatic heterocycles. The minimum atomic E-state index is -2.16. The van der Waals surface area contributed by atoms with Crippen molar-refractivity contribution in [1.82, 2.24) is 0 Å². The van der Waals surface area contributed by atoms with Gasteiger partial charge < -0.3 is 24.4 Å². The highest BCUT2D eigenvalue weighted by Gasteiger charge is 2.97. The van der Waals surface area contributed by atoms with Crippen molar-refractivity contribution in [3.63, 3.8) is 0 Å². The Morgan fingerprint density at radius 3 is 2.51 bits per heavy atom. The van der Waals surface area contributed by atoms with E-state index in [4.69, 9.17) is 14.2 Å². The Hall–Kier alpha value is -2.55. The van der Waals surface area contributed by atoms with Crippen LogP contribution in [-0.4, -0.2) is 59.0 Å². The van der Waals surface area contributed by atoms with E-state index in [1.807, 2.05) is 13.8 Å². The number of Topliss-reactive ketones (excluding diaryl/α,β-unsaturated/α-hetero) is 2. The molecule has 7 fully saturated rings. The number of benzene rings is 1. The van der Waals surface area contributed by atoms with Crippen molar-refractivity contribution in [1.29, 1.82) is 0 Å². The summed E-state index contributed by atoms with van der Waals surface area (Å²) in [5.74, 6) is -4.53. The van der Waals surface area contributed by atoms with Gasteiger partial charge in [0.05, 0.1) is 24.7 Å². The van der Waals surface area contributed by atoms with Crippen molar-refractivity contribution in [2.75, 3.05) is 13.7 Å². The molecule has 2 N–H and O–H groups in total. The second-order valence-corrected chi connectivity index (χ2v) is 12.7. The molecule has 2 saturated heterocycles. The van der Waals surface area contributed by atoms with Crippen LogP contribution in [0.15, 0.2) is 36.4 Å². The molecule has 8 rings (SSSR count). The van der Waals surface area contributed by atoms with Gasteiger partial charge in [0, 0.05) is 18.3 Å². The molecule has 2 aliphatic heterocycles. The summed E-state index contributed by atoms with van der Waals surface area (Å²) in [6.07, 6.45) is 0.760. The van der Waals surface area contributed by atoms with Gasteiger partial charge in [-0.25, -0.2) is 4.79 Å². The Morgan fingerprint density at radius 1 is 1.14 bits per heavy atom. The van der Waals surface area contributed by atoms with Crippen LogP contribution >= 0.6 is 0 Å². The van der Waals surface area contributed by atoms with Gasteiger partial charge in [-0.05, 0) is 66.4 Å². The van der Waals surface area contributed by atoms with E-state index in [0.29, 0.717) is 37.0 Å². The zero-order chi connectivity index (χ0) is 26.3. The first-order chi connectivity index (χ1) is 17.4. The Kier molecular flexibility index (Phi) is 4.27. The van der Waals surface area contributed by atoms with Gasteiger partial charge in [0.2, 0.25) is 5.79 Å². The Labute approximate surface area is 215 Å². The summed E-state index contributed by atoms with van der Waals surface area (Å²) < 4.78 is 17.1. The maximum absolute atomic E-state index is 14.4. The Balaban J connectivity index is 1.33. The maximum Gasteiger partial charge on any atom is 0.339 e. The molecule has 5 saturated carbocycles. The molecule has 0 radical (unpaired) electrons. The molecule has 196 valence electrons. The van der Waals surface area contributed by atoms with Crippen LogP contribution in [0.3, 0.4) is 0 Å². The van der Waals surface area contributed by atoms with Gasteiger partial charge >= 0.3 is 5.97 Å². The molecule has 2 heterocycles. The number of aliphatic hydroxyl groups excluding tert-OH is 1. The number of hydrogen-bond donors (Lipinski definition) is 2. The van der Waals surface area contributed by atoms with Crippen molar-refractivity contribution in [2.45, 2.75) is 57.0 Å². The number of ketones is 2. The average molecular weight is 509 g/mol. The Bertz CT molecular complexity index is 1280. The Morgan fingerprint density at radius 2 is 1.84 bits per heavy atom. The fourth-order valence-electron chi connectivity index (χ4n) is 9.85. The molecular weight excluding hydrogens is 476 g/mol. The van der Waals surface area contributed by atoms with Crippen LogP contribution < -0.4 is 4.74 Å². The summed E-state index contributed by atoms with van der Waals surface area (Å²) in [5.41, 5.74) is -3.80. The number of carbonyl (C=O) groups is 3. The van der Waals surface area contributed by atoms with Crippen molar-refractivity contribution < 1.29 is 38.8 Å². The summed E-state index contributed by atoms with van der Waals surface area (Å²) in [5, 5.41) is 23.9. The maximum atomic E-state index is 14.4. The lowest BCUT2D eigenvalue weighted by molar-refractivity contribution is -0.465. The van der Waals surface area contributed by atoms with Gasteiger partial charge in [0.1, 0.15) is 23.1 Å². The lowest BCUT2D eigenvalue weighted by atomic mass is 9.21. The third-order valence-corrected chi connectivity index (χ3v) is 11.2. The number of ether oxygens (including phenoxy) is 3. The highest BCUT2D eigenvalue weighted by molar-refractivity contribution is 6.10. The molecule has 1 aromatic rings. The number of rotatable bonds is 3. The third-order valence-electron chi connectivity index (χ3n) is 11.2. The van der Waals surface area contributed by atoms with Crippen LogP contribution in [0.25, 0.3) is 0 Å². The summed E-state index contributed by atoms with van der Waals surface area (Å²) in [4.78, 5) is 41.4. The monoisotopic (exact) mass is 508 g/mol. The summed E-state index contributed by atoms with van der Waals surface area (Å²) in [7, 11) is 1.53. The molecule has 1 aromatic carbocycles. The van der Waals surface area contributed by atoms with E-state index < -0.39 is 63.2 Å². The van der Waals surface area contributed by atoms with Crippen LogP contribution in [0.4, 0.5) is 0 Å². The summed E-state index contributed by atoms with van der Waals surface area (Å²) in [6, 6.07) is 6.40. The van der Waals surface area contributed by atoms with Crippen molar-refractivity contribution in [2.24, 2.45) is 39.9 Å². The predicted molar refractivity (Wildman–Crippen MR) is 128 cm³/mol. The van der Waals surface area contributed by atoms with Gasteiger partial charge in [0.25, 0.3) is 0 Å². The largest absolute Gasteiger partial charge is 0.497 e. The van der Waals surface area contributed by atoms with Crippen LogP contribution in [0.5, 0.6) is 5.75 Å². The number of fused-ring (bicyclic) bond motifs is 1. The van der Waals surface area contributed by atoms with E-state index in [2.05, 4.69) is 6.58 Å². The fraction of sp³-hybridized carbons (Fsp3) is 0.621. The molecule has 8 nitrogen and oxygen atoms in total. The van der Waals surface area contributed by atoms with Gasteiger partial charge in [-0.3, -0.25) is 9.59 Å². The SMILES string of the molecule is C=C1[C@@H]2CC[C@H]3[C@@]45COC(O)([C@@H](O)[C@@H]4C(C)(C)CCC5=O)[C@]34C(=O)C1(OC(=O)c1ccc(OC)cc1)[C@H]24. The summed E-state index contributed by atoms with van der Waals surface area (Å²) >= 11 is 0. The highest BCUT2D eigenvalue weighted by Crippen LogP contribution is 2.85. The molecule has 2 unspecified atom stereocenters. The van der Waals surface area contributed by atoms with E-state index in [1.165, 1.54) is 7.11 Å². The minimum absolute atomic E-state index is 0.000808. The first-order valence-electron chi connectivity index (χ1n) is 13.1. The zero-order valence-electron chi connectivity index (χ0n) is 21.3. The third kappa shape index (κ3) is 2.17. The van der Waals surface area contributed by atoms with E-state index in [1.54, 1.807) is 24.3 Å². The van der Waals surface area contributed by atoms with Crippen LogP contribution in [0.1, 0.15) is 49.9 Å². The predicted octanol–water partition coefficient (Wildman–Crippen LogP) is 2.46. The van der Waals surface area contributed by atoms with E-state index in [-0.39, 0.29) is 23.9 Å². The number of aliphatic hydroxyl groups is 2. The molecule has 2 bridgehead atoms. The normalized spacial score (nSPS) is 48.1. The number of esters is 1. The molecular formula is C29H32O8. The molecule has 7 aliphatic rings. The second kappa shape index (κ2) is 6.71. The fourth-order valence-corrected chi connectivity index (χ4v) is 9.85. The van der Waals surface area contributed by atoms with Crippen molar-refractivity contribution >= 4 is 17.5 Å². The lowest BCUT2D eigenvalue weighted by Crippen LogP contribution is -2.96. The average Bonchev–Trinajstić information content (AvgIpc) is 2.89. The molecule has 2 spiro atoms. The highest BCUT2D eigenvalue weighted by atomic mass is 16.6. The first-order valence-corrected chi connectivity index (χ1v) is 13.1. The van der Waals surface area contributed by atoms with Gasteiger partial charge in [-0.2, -0.15) is 0 Å². The smallest absolute Gasteiger partial charge is 0.339 e. The van der Waals surface area contributed by atoms with E-state index >= 15 is 0 Å². The van der Waals surface area contributed by atoms with Gasteiger partial charge in [0.15, 0.2) is 11.4 Å². The summed E-state index contributed by atoms with van der Waals surface area (Å²) in [6.45, 7) is 8.18. The van der Waals surface area contributed by atoms with E-state index in [0.717, 1.165) is 0 Å². The van der Waals surface area contributed by atoms with Crippen LogP contribution in [-0.2, 0) is 19.1 Å². The minimum Gasteiger partial charge on any atom is -0.497 e. The van der Waals surface area contributed by atoms with E-state index in [9.17, 15) is 24.6 Å². The molecule has 0 amide bonds. The topological polar surface area (TPSA) is 119 Å². The second-order valence-electron chi connectivity index (χ2n) is 12.7. The lowest BCUT2D eigenvalue weighted by Gasteiger charge is -2.83. The van der Waals surface area contributed by atoms with Gasteiger partial charge in [-0.1, -0.05) is 20.4 Å². The number of methoxy groups -OCH3 is 1.